The molecule has 3 aromatic heterocycles. The van der Waals surface area contributed by atoms with E-state index >= 15 is 0 Å². The minimum absolute atomic E-state index is 0.170. The number of carbonyl (C=O) groups excluding carboxylic acids is 3. The smallest absolute Gasteiger partial charge is 0.406 e. The van der Waals surface area contributed by atoms with Crippen LogP contribution in [0.4, 0.5) is 22.0 Å². The van der Waals surface area contributed by atoms with Gasteiger partial charge in [0.05, 0.1) is 51.4 Å². The highest BCUT2D eigenvalue weighted by Crippen LogP contribution is 2.35. The summed E-state index contributed by atoms with van der Waals surface area (Å²) in [7, 11) is 0. The van der Waals surface area contributed by atoms with Crippen molar-refractivity contribution >= 4 is 50.4 Å². The summed E-state index contributed by atoms with van der Waals surface area (Å²) in [6, 6.07) is 36.6. The van der Waals surface area contributed by atoms with Gasteiger partial charge < -0.3 is 36.9 Å². The third-order valence-electron chi connectivity index (χ3n) is 10.5. The number of alkyl halides is 3. The number of primary amides is 3. The van der Waals surface area contributed by atoms with Crippen LogP contribution in [0.25, 0.3) is 66.1 Å². The lowest BCUT2D eigenvalue weighted by Crippen LogP contribution is -2.16. The molecule has 13 nitrogen and oxygen atoms in total. The van der Waals surface area contributed by atoms with Crippen LogP contribution < -0.4 is 21.9 Å². The van der Waals surface area contributed by atoms with Gasteiger partial charge in [0.15, 0.2) is 0 Å². The zero-order valence-corrected chi connectivity index (χ0v) is 35.1. The van der Waals surface area contributed by atoms with Crippen LogP contribution in [0.5, 0.6) is 5.75 Å². The van der Waals surface area contributed by atoms with Crippen molar-refractivity contribution < 1.29 is 41.1 Å². The van der Waals surface area contributed by atoms with Crippen LogP contribution >= 0.6 is 0 Å². The van der Waals surface area contributed by atoms with Crippen LogP contribution in [-0.4, -0.2) is 39.0 Å². The summed E-state index contributed by atoms with van der Waals surface area (Å²) in [6.07, 6.45) is -4.77. The SMILES string of the molecule is Cc1c(C(N)=O)[nH]c2c(-c3ccc(F)cc3)cc(F)cc12.N#Cc1cc(-c2ccc(OC(F)(F)F)cc2)c2[nH]c(C(N)=O)cc2c1.N#Cc1ccc(-c2cc(C#N)cc3cc(C(N)=O)[nH]c23)cc1. The van der Waals surface area contributed by atoms with E-state index in [1.54, 1.807) is 73.7 Å². The Morgan fingerprint density at radius 2 is 0.971 bits per heavy atom. The highest BCUT2D eigenvalue weighted by atomic mass is 19.4. The predicted molar refractivity (Wildman–Crippen MR) is 242 cm³/mol. The standard InChI is InChI=1S/C17H10F3N3O2.C17H10N4O.C16H12F2N2O/c18-17(19,20)25-12-3-1-10(2-4-12)13-6-9(8-21)5-11-7-14(16(22)24)23-15(11)13;18-8-10-1-3-12(4-2-10)14-6-11(9-19)5-13-7-15(17(20)22)21-16(13)14;1-8-12-6-11(18)7-13(9-2-4-10(17)5-3-9)15(12)20-14(8)16(19)21/h1-7,23H,(H2,22,24);1-7,21H,(H2,20,22);2-7,20H,1H3,(H2,19,21). The first-order valence-electron chi connectivity index (χ1n) is 19.8. The summed E-state index contributed by atoms with van der Waals surface area (Å²) in [5.41, 5.74) is 24.4. The quantitative estimate of drug-likeness (QED) is 0.0842. The summed E-state index contributed by atoms with van der Waals surface area (Å²) in [5.74, 6) is -2.97. The average Bonchev–Trinajstić information content (AvgIpc) is 4.05. The van der Waals surface area contributed by atoms with Gasteiger partial charge >= 0.3 is 6.36 Å². The molecule has 0 saturated heterocycles. The molecule has 0 atom stereocenters. The minimum atomic E-state index is -4.77. The number of nitrogens with one attached hydrogen (secondary N) is 3. The molecule has 9 N–H and O–H groups in total. The Balaban J connectivity index is 0.000000152. The van der Waals surface area contributed by atoms with Crippen molar-refractivity contribution in [1.29, 1.82) is 15.8 Å². The molecule has 0 radical (unpaired) electrons. The predicted octanol–water partition coefficient (Wildman–Crippen LogP) is 9.90. The van der Waals surface area contributed by atoms with E-state index in [0.717, 1.165) is 22.0 Å². The van der Waals surface area contributed by atoms with E-state index in [2.05, 4.69) is 31.8 Å². The van der Waals surface area contributed by atoms with Crippen molar-refractivity contribution in [3.05, 3.63) is 172 Å². The van der Waals surface area contributed by atoms with Gasteiger partial charge in [0, 0.05) is 32.8 Å². The molecule has 0 fully saturated rings. The van der Waals surface area contributed by atoms with E-state index in [-0.39, 0.29) is 23.0 Å². The van der Waals surface area contributed by atoms with E-state index in [4.69, 9.17) is 27.7 Å². The second-order valence-corrected chi connectivity index (χ2v) is 14.9. The summed E-state index contributed by atoms with van der Waals surface area (Å²) >= 11 is 0. The molecular formula is C50H32F5N9O4. The molecule has 9 rings (SSSR count). The zero-order valence-electron chi connectivity index (χ0n) is 35.1. The fourth-order valence-corrected chi connectivity index (χ4v) is 7.39. The zero-order chi connectivity index (χ0) is 49.0. The first-order chi connectivity index (χ1) is 32.4. The Morgan fingerprint density at radius 1 is 0.529 bits per heavy atom. The third-order valence-corrected chi connectivity index (χ3v) is 10.5. The molecule has 3 heterocycles. The van der Waals surface area contributed by atoms with Gasteiger partial charge in [0.1, 0.15) is 34.5 Å². The number of nitrogens with zero attached hydrogens (tertiary/aromatic N) is 3. The van der Waals surface area contributed by atoms with Gasteiger partial charge in [-0.3, -0.25) is 14.4 Å². The topological polar surface area (TPSA) is 257 Å². The molecule has 0 aliphatic rings. The number of rotatable bonds is 7. The molecule has 0 spiro atoms. The van der Waals surface area contributed by atoms with Gasteiger partial charge in [-0.2, -0.15) is 15.8 Å². The maximum Gasteiger partial charge on any atom is 0.573 e. The average molecular weight is 918 g/mol. The highest BCUT2D eigenvalue weighted by Gasteiger charge is 2.31. The maximum absolute atomic E-state index is 13.8. The number of hydrogen-bond acceptors (Lipinski definition) is 7. The number of aryl methyl sites for hydroxylation is 1. The molecule has 336 valence electrons. The summed E-state index contributed by atoms with van der Waals surface area (Å²) in [4.78, 5) is 42.9. The molecule has 0 saturated carbocycles. The van der Waals surface area contributed by atoms with Crippen LogP contribution in [0, 0.1) is 52.6 Å². The number of H-pyrrole nitrogens is 3. The molecule has 18 heteroatoms. The third kappa shape index (κ3) is 9.98. The van der Waals surface area contributed by atoms with E-state index in [9.17, 15) is 41.6 Å². The second kappa shape index (κ2) is 18.8. The molecule has 68 heavy (non-hydrogen) atoms. The van der Waals surface area contributed by atoms with E-state index < -0.39 is 29.9 Å². The summed E-state index contributed by atoms with van der Waals surface area (Å²) in [6.45, 7) is 1.70. The number of benzene rings is 6. The molecule has 0 bridgehead atoms. The van der Waals surface area contributed by atoms with Crippen molar-refractivity contribution in [2.75, 3.05) is 0 Å². The molecule has 0 aliphatic heterocycles. The monoisotopic (exact) mass is 917 g/mol. The van der Waals surface area contributed by atoms with Gasteiger partial charge in [-0.1, -0.05) is 36.4 Å². The van der Waals surface area contributed by atoms with Crippen LogP contribution in [0.3, 0.4) is 0 Å². The fourth-order valence-electron chi connectivity index (χ4n) is 7.39. The first kappa shape index (κ1) is 46.3. The maximum atomic E-state index is 13.8. The van der Waals surface area contributed by atoms with Crippen LogP contribution in [-0.2, 0) is 0 Å². The van der Waals surface area contributed by atoms with Crippen LogP contribution in [0.2, 0.25) is 0 Å². The number of carbonyl (C=O) groups is 3. The Labute approximate surface area is 381 Å². The molecule has 0 unspecified atom stereocenters. The minimum Gasteiger partial charge on any atom is -0.406 e. The van der Waals surface area contributed by atoms with Gasteiger partial charge in [0.2, 0.25) is 0 Å². The normalized spacial score (nSPS) is 10.8. The summed E-state index contributed by atoms with van der Waals surface area (Å²) in [5, 5.41) is 29.1. The van der Waals surface area contributed by atoms with Gasteiger partial charge in [-0.25, -0.2) is 8.78 Å². The van der Waals surface area contributed by atoms with Crippen molar-refractivity contribution in [2.24, 2.45) is 17.2 Å². The van der Waals surface area contributed by atoms with Crippen molar-refractivity contribution in [3.8, 4) is 57.3 Å². The lowest BCUT2D eigenvalue weighted by molar-refractivity contribution is -0.274. The number of aromatic nitrogens is 3. The Hall–Kier alpha value is -9.73. The Kier molecular flexibility index (Phi) is 12.8. The van der Waals surface area contributed by atoms with Crippen LogP contribution in [0.15, 0.2) is 121 Å². The molecule has 0 aliphatic carbocycles. The number of hydrogen-bond donors (Lipinski definition) is 6. The number of aromatic amines is 3. The highest BCUT2D eigenvalue weighted by molar-refractivity contribution is 6.05. The van der Waals surface area contributed by atoms with Crippen molar-refractivity contribution in [2.45, 2.75) is 13.3 Å². The lowest BCUT2D eigenvalue weighted by atomic mass is 9.99. The van der Waals surface area contributed by atoms with E-state index in [1.165, 1.54) is 54.6 Å². The molecular weight excluding hydrogens is 886 g/mol. The molecule has 3 amide bonds. The number of halogens is 5. The first-order valence-corrected chi connectivity index (χ1v) is 19.8. The van der Waals surface area contributed by atoms with Gasteiger partial charge in [-0.05, 0) is 114 Å². The van der Waals surface area contributed by atoms with E-state index in [1.807, 2.05) is 6.07 Å². The molecule has 6 aromatic carbocycles. The number of nitrogens with two attached hydrogens (primary N) is 3. The van der Waals surface area contributed by atoms with Gasteiger partial charge in [-0.15, -0.1) is 13.2 Å². The van der Waals surface area contributed by atoms with Gasteiger partial charge in [0.25, 0.3) is 17.7 Å². The number of fused-ring (bicyclic) bond motifs is 3. The number of amides is 3. The second-order valence-electron chi connectivity index (χ2n) is 14.9. The van der Waals surface area contributed by atoms with Crippen molar-refractivity contribution in [1.82, 2.24) is 15.0 Å². The van der Waals surface area contributed by atoms with Crippen LogP contribution in [0.1, 0.15) is 53.7 Å². The Bertz CT molecular complexity index is 3570. The van der Waals surface area contributed by atoms with Crippen molar-refractivity contribution in [3.63, 3.8) is 0 Å². The Morgan fingerprint density at radius 3 is 1.40 bits per heavy atom. The number of ether oxygens (including phenoxy) is 1. The summed E-state index contributed by atoms with van der Waals surface area (Å²) < 4.78 is 67.4. The lowest BCUT2D eigenvalue weighted by Gasteiger charge is -2.10. The van der Waals surface area contributed by atoms with E-state index in [0.29, 0.717) is 72.0 Å². The fraction of sp³-hybridized carbons (Fsp3) is 0.0400. The largest absolute Gasteiger partial charge is 0.573 e. The molecule has 9 aromatic rings. The number of nitriles is 3.